The number of nitriles is 1. The molecule has 1 unspecified atom stereocenters. The van der Waals surface area contributed by atoms with E-state index in [1.54, 1.807) is 17.5 Å². The smallest absolute Gasteiger partial charge is 0.186 e. The Hall–Kier alpha value is -1.19. The van der Waals surface area contributed by atoms with Crippen LogP contribution in [0.3, 0.4) is 0 Å². The van der Waals surface area contributed by atoms with Crippen molar-refractivity contribution in [2.24, 2.45) is 5.92 Å². The molecule has 0 amide bonds. The molecule has 0 radical (unpaired) electrons. The first-order chi connectivity index (χ1) is 8.78. The minimum Gasteiger partial charge on any atom is -0.347 e. The maximum absolute atomic E-state index is 9.03. The summed E-state index contributed by atoms with van der Waals surface area (Å²) in [4.78, 5) is 11.1. The lowest BCUT2D eigenvalue weighted by atomic mass is 10.0. The molecule has 1 aliphatic rings. The molecule has 18 heavy (non-hydrogen) atoms. The molecular weight excluding hydrogens is 312 g/mol. The first-order valence-corrected chi connectivity index (χ1v) is 7.44. The molecule has 2 aromatic rings. The average molecular weight is 323 g/mol. The highest BCUT2D eigenvalue weighted by molar-refractivity contribution is 9.10. The summed E-state index contributed by atoms with van der Waals surface area (Å²) >= 11 is 5.09. The van der Waals surface area contributed by atoms with E-state index in [2.05, 4.69) is 36.9 Å². The van der Waals surface area contributed by atoms with Crippen molar-refractivity contribution in [1.29, 1.82) is 5.26 Å². The lowest BCUT2D eigenvalue weighted by Crippen LogP contribution is -2.34. The van der Waals surface area contributed by atoms with Gasteiger partial charge < -0.3 is 4.90 Å². The van der Waals surface area contributed by atoms with Gasteiger partial charge in [-0.3, -0.25) is 0 Å². The van der Waals surface area contributed by atoms with Crippen molar-refractivity contribution >= 4 is 42.6 Å². The monoisotopic (exact) mass is 322 g/mol. The first-order valence-electron chi connectivity index (χ1n) is 5.83. The minimum absolute atomic E-state index is 0.132. The van der Waals surface area contributed by atoms with Gasteiger partial charge in [0.2, 0.25) is 0 Å². The Balaban J connectivity index is 1.95. The van der Waals surface area contributed by atoms with Crippen molar-refractivity contribution in [2.45, 2.75) is 12.8 Å². The Morgan fingerprint density at radius 1 is 1.56 bits per heavy atom. The number of anilines is 1. The van der Waals surface area contributed by atoms with Crippen molar-refractivity contribution in [2.75, 3.05) is 18.0 Å². The molecule has 0 aromatic carbocycles. The van der Waals surface area contributed by atoms with Crippen LogP contribution in [0, 0.1) is 17.2 Å². The maximum Gasteiger partial charge on any atom is 0.186 e. The van der Waals surface area contributed by atoms with E-state index in [9.17, 15) is 0 Å². The van der Waals surface area contributed by atoms with Crippen LogP contribution < -0.4 is 4.90 Å². The quantitative estimate of drug-likeness (QED) is 0.756. The van der Waals surface area contributed by atoms with Crippen LogP contribution in [-0.4, -0.2) is 23.1 Å². The number of fused-ring (bicyclic) bond motifs is 1. The van der Waals surface area contributed by atoms with Crippen LogP contribution in [0.2, 0.25) is 0 Å². The average Bonchev–Trinajstić information content (AvgIpc) is 2.84. The number of rotatable bonds is 1. The van der Waals surface area contributed by atoms with E-state index in [0.29, 0.717) is 0 Å². The van der Waals surface area contributed by atoms with Crippen molar-refractivity contribution in [1.82, 2.24) is 9.97 Å². The van der Waals surface area contributed by atoms with Crippen LogP contribution in [0.4, 0.5) is 5.13 Å². The zero-order chi connectivity index (χ0) is 12.5. The maximum atomic E-state index is 9.03. The number of piperidine rings is 1. The molecule has 1 aliphatic heterocycles. The van der Waals surface area contributed by atoms with Gasteiger partial charge in [0.25, 0.3) is 0 Å². The Morgan fingerprint density at radius 2 is 2.44 bits per heavy atom. The van der Waals surface area contributed by atoms with Crippen LogP contribution in [0.1, 0.15) is 12.8 Å². The van der Waals surface area contributed by atoms with Crippen molar-refractivity contribution < 1.29 is 0 Å². The highest BCUT2D eigenvalue weighted by atomic mass is 79.9. The van der Waals surface area contributed by atoms with Gasteiger partial charge in [0.1, 0.15) is 4.60 Å². The molecule has 1 atom stereocenters. The molecule has 3 rings (SSSR count). The fourth-order valence-electron chi connectivity index (χ4n) is 2.20. The Kier molecular flexibility index (Phi) is 3.18. The fourth-order valence-corrected chi connectivity index (χ4v) is 3.75. The molecule has 1 saturated heterocycles. The molecule has 0 aliphatic carbocycles. The van der Waals surface area contributed by atoms with Gasteiger partial charge >= 0.3 is 0 Å². The lowest BCUT2D eigenvalue weighted by molar-refractivity contribution is 0.493. The second-order valence-electron chi connectivity index (χ2n) is 4.36. The summed E-state index contributed by atoms with van der Waals surface area (Å²) in [7, 11) is 0. The third-order valence-electron chi connectivity index (χ3n) is 3.12. The summed E-state index contributed by atoms with van der Waals surface area (Å²) in [5.74, 6) is 0.132. The van der Waals surface area contributed by atoms with Gasteiger partial charge in [-0.2, -0.15) is 5.26 Å². The molecule has 0 bridgehead atoms. The Morgan fingerprint density at radius 3 is 3.22 bits per heavy atom. The number of nitrogens with zero attached hydrogens (tertiary/aromatic N) is 4. The summed E-state index contributed by atoms with van der Waals surface area (Å²) in [6.07, 6.45) is 3.82. The van der Waals surface area contributed by atoms with Crippen LogP contribution in [-0.2, 0) is 0 Å². The first kappa shape index (κ1) is 11.9. The van der Waals surface area contributed by atoms with Gasteiger partial charge in [0.15, 0.2) is 5.13 Å². The van der Waals surface area contributed by atoms with Gasteiger partial charge in [-0.25, -0.2) is 9.97 Å². The Bertz CT molecular complexity index is 618. The van der Waals surface area contributed by atoms with Crippen LogP contribution >= 0.6 is 27.3 Å². The summed E-state index contributed by atoms with van der Waals surface area (Å²) < 4.78 is 1.92. The van der Waals surface area contributed by atoms with Gasteiger partial charge in [0.05, 0.1) is 22.2 Å². The van der Waals surface area contributed by atoms with Gasteiger partial charge in [0, 0.05) is 19.3 Å². The van der Waals surface area contributed by atoms with E-state index in [1.165, 1.54) is 0 Å². The highest BCUT2D eigenvalue weighted by Gasteiger charge is 2.22. The minimum atomic E-state index is 0.132. The molecule has 0 saturated carbocycles. The molecule has 6 heteroatoms. The molecule has 92 valence electrons. The Labute approximate surface area is 117 Å². The number of hydrogen-bond donors (Lipinski definition) is 0. The topological polar surface area (TPSA) is 52.8 Å². The van der Waals surface area contributed by atoms with E-state index in [1.807, 2.05) is 6.07 Å². The SMILES string of the molecule is N#CC1CCCN(c2nc3ccnc(Br)c3s2)C1. The van der Waals surface area contributed by atoms with Crippen molar-refractivity contribution in [3.8, 4) is 6.07 Å². The molecular formula is C12H11BrN4S. The van der Waals surface area contributed by atoms with E-state index in [-0.39, 0.29) is 5.92 Å². The fraction of sp³-hybridized carbons (Fsp3) is 0.417. The number of pyridine rings is 1. The van der Waals surface area contributed by atoms with Crippen molar-refractivity contribution in [3.63, 3.8) is 0 Å². The normalized spacial score (nSPS) is 20.0. The zero-order valence-corrected chi connectivity index (χ0v) is 12.0. The predicted molar refractivity (Wildman–Crippen MR) is 75.7 cm³/mol. The molecule has 4 nitrogen and oxygen atoms in total. The molecule has 0 N–H and O–H groups in total. The second-order valence-corrected chi connectivity index (χ2v) is 6.09. The van der Waals surface area contributed by atoms with E-state index in [4.69, 9.17) is 5.26 Å². The number of halogens is 1. The number of thiazole rings is 1. The van der Waals surface area contributed by atoms with Crippen molar-refractivity contribution in [3.05, 3.63) is 16.9 Å². The van der Waals surface area contributed by atoms with E-state index in [0.717, 1.165) is 45.9 Å². The third-order valence-corrected chi connectivity index (χ3v) is 5.13. The van der Waals surface area contributed by atoms with E-state index < -0.39 is 0 Å². The second kappa shape index (κ2) is 4.82. The third kappa shape index (κ3) is 2.08. The van der Waals surface area contributed by atoms with Crippen LogP contribution in [0.5, 0.6) is 0 Å². The van der Waals surface area contributed by atoms with Gasteiger partial charge in [-0.1, -0.05) is 11.3 Å². The lowest BCUT2D eigenvalue weighted by Gasteiger charge is -2.28. The van der Waals surface area contributed by atoms with E-state index >= 15 is 0 Å². The van der Waals surface area contributed by atoms with Crippen LogP contribution in [0.25, 0.3) is 10.2 Å². The molecule has 1 fully saturated rings. The summed E-state index contributed by atoms with van der Waals surface area (Å²) in [5, 5.41) is 10.0. The molecule has 3 heterocycles. The summed E-state index contributed by atoms with van der Waals surface area (Å²) in [6.45, 7) is 1.78. The highest BCUT2D eigenvalue weighted by Crippen LogP contribution is 2.34. The summed E-state index contributed by atoms with van der Waals surface area (Å²) in [6, 6.07) is 4.28. The van der Waals surface area contributed by atoms with Crippen LogP contribution in [0.15, 0.2) is 16.9 Å². The zero-order valence-electron chi connectivity index (χ0n) is 9.64. The predicted octanol–water partition coefficient (Wildman–Crippen LogP) is 3.19. The molecule has 0 spiro atoms. The van der Waals surface area contributed by atoms with Gasteiger partial charge in [-0.15, -0.1) is 0 Å². The summed E-state index contributed by atoms with van der Waals surface area (Å²) in [5.41, 5.74) is 0.968. The number of aromatic nitrogens is 2. The standard InChI is InChI=1S/C12H11BrN4S/c13-11-10-9(3-4-15-11)16-12(18-10)17-5-1-2-8(6-14)7-17/h3-4,8H,1-2,5,7H2. The molecule has 2 aromatic heterocycles. The van der Waals surface area contributed by atoms with Gasteiger partial charge in [-0.05, 0) is 34.8 Å². The largest absolute Gasteiger partial charge is 0.347 e. The number of hydrogen-bond acceptors (Lipinski definition) is 5.